The first-order valence-electron chi connectivity index (χ1n) is 3.51. The Labute approximate surface area is 70.2 Å². The fourth-order valence-electron chi connectivity index (χ4n) is 0.790. The number of ether oxygens (including phenoxy) is 1. The molecule has 0 heterocycles. The van der Waals surface area contributed by atoms with Gasteiger partial charge in [0.2, 0.25) is 0 Å². The molecule has 0 aliphatic rings. The Balaban J connectivity index is 2.60. The largest absolute Gasteiger partial charge is 0.479 e. The van der Waals surface area contributed by atoms with Gasteiger partial charge in [-0.25, -0.2) is 4.39 Å². The minimum Gasteiger partial charge on any atom is -0.479 e. The van der Waals surface area contributed by atoms with Gasteiger partial charge in [-0.15, -0.1) is 0 Å². The van der Waals surface area contributed by atoms with Crippen molar-refractivity contribution in [2.24, 2.45) is 0 Å². The Morgan fingerprint density at radius 1 is 1.33 bits per heavy atom. The predicted octanol–water partition coefficient (Wildman–Crippen LogP) is 2.06. The maximum Gasteiger partial charge on any atom is 0.174 e. The predicted molar refractivity (Wildman–Crippen MR) is 42.4 cm³/mol. The Morgan fingerprint density at radius 3 is 2.50 bits per heavy atom. The Kier molecular flexibility index (Phi) is 3.09. The quantitative estimate of drug-likeness (QED) is 0.686. The van der Waals surface area contributed by atoms with E-state index >= 15 is 0 Å². The number of nitrogens with zero attached hydrogens (tertiary/aromatic N) is 1. The van der Waals surface area contributed by atoms with E-state index in [1.807, 2.05) is 6.07 Å². The topological polar surface area (TPSA) is 33.0 Å². The summed E-state index contributed by atoms with van der Waals surface area (Å²) in [6.45, 7) is -0.451. The van der Waals surface area contributed by atoms with E-state index in [1.165, 1.54) is 0 Å². The van der Waals surface area contributed by atoms with E-state index in [4.69, 9.17) is 10.00 Å². The van der Waals surface area contributed by atoms with E-state index in [0.29, 0.717) is 11.3 Å². The van der Waals surface area contributed by atoms with Crippen LogP contribution in [-0.2, 0) is 6.67 Å². The van der Waals surface area contributed by atoms with Crippen molar-refractivity contribution in [1.29, 1.82) is 5.26 Å². The summed E-state index contributed by atoms with van der Waals surface area (Å²) in [6.07, 6.45) is 0. The van der Waals surface area contributed by atoms with Crippen LogP contribution in [0.5, 0.6) is 5.75 Å². The summed E-state index contributed by atoms with van der Waals surface area (Å²) in [7, 11) is 0. The molecule has 0 radical (unpaired) electrons. The van der Waals surface area contributed by atoms with Gasteiger partial charge in [0.25, 0.3) is 0 Å². The van der Waals surface area contributed by atoms with E-state index in [2.05, 4.69) is 0 Å². The van der Waals surface area contributed by atoms with Crippen molar-refractivity contribution >= 4 is 0 Å². The Morgan fingerprint density at radius 2 is 2.00 bits per heavy atom. The Hall–Kier alpha value is -1.56. The van der Waals surface area contributed by atoms with E-state index < -0.39 is 6.67 Å². The molecular weight excluding hydrogens is 157 g/mol. The van der Waals surface area contributed by atoms with Gasteiger partial charge in [0, 0.05) is 0 Å². The van der Waals surface area contributed by atoms with Gasteiger partial charge >= 0.3 is 0 Å². The summed E-state index contributed by atoms with van der Waals surface area (Å²) in [5, 5.41) is 8.19. The van der Waals surface area contributed by atoms with E-state index in [1.54, 1.807) is 24.3 Å². The van der Waals surface area contributed by atoms with Gasteiger partial charge in [-0.2, -0.15) is 5.26 Å². The monoisotopic (exact) mass is 165 g/mol. The third-order valence-corrected chi connectivity index (χ3v) is 1.38. The Bertz CT molecular complexity index is 276. The van der Waals surface area contributed by atoms with Crippen molar-refractivity contribution in [2.75, 3.05) is 6.61 Å². The first kappa shape index (κ1) is 8.54. The van der Waals surface area contributed by atoms with Gasteiger partial charge in [-0.3, -0.25) is 0 Å². The van der Waals surface area contributed by atoms with Crippen LogP contribution in [0.4, 0.5) is 4.39 Å². The van der Waals surface area contributed by atoms with Crippen LogP contribution in [0.3, 0.4) is 0 Å². The lowest BCUT2D eigenvalue weighted by Gasteiger charge is -2.00. The van der Waals surface area contributed by atoms with Crippen LogP contribution in [0.1, 0.15) is 5.56 Å². The highest BCUT2D eigenvalue weighted by Gasteiger charge is 1.93. The van der Waals surface area contributed by atoms with Gasteiger partial charge in [-0.1, -0.05) is 12.1 Å². The molecule has 12 heavy (non-hydrogen) atoms. The molecule has 0 N–H and O–H groups in total. The molecule has 0 aliphatic heterocycles. The molecular formula is C9H8FNO. The van der Waals surface area contributed by atoms with Crippen LogP contribution < -0.4 is 4.74 Å². The van der Waals surface area contributed by atoms with Crippen molar-refractivity contribution in [3.63, 3.8) is 0 Å². The molecule has 1 aromatic rings. The second-order valence-corrected chi connectivity index (χ2v) is 2.22. The van der Waals surface area contributed by atoms with Crippen molar-refractivity contribution in [3.05, 3.63) is 29.8 Å². The van der Waals surface area contributed by atoms with E-state index in [-0.39, 0.29) is 6.61 Å². The van der Waals surface area contributed by atoms with Crippen LogP contribution in [0.25, 0.3) is 0 Å². The minimum atomic E-state index is -0.474. The lowest BCUT2D eigenvalue weighted by atomic mass is 10.2. The van der Waals surface area contributed by atoms with Crippen molar-refractivity contribution in [2.45, 2.75) is 6.67 Å². The fraction of sp³-hybridized carbons (Fsp3) is 0.222. The first-order valence-corrected chi connectivity index (χ1v) is 3.51. The molecule has 0 bridgehead atoms. The van der Waals surface area contributed by atoms with Crippen LogP contribution in [0.2, 0.25) is 0 Å². The number of rotatable bonds is 3. The smallest absolute Gasteiger partial charge is 0.174 e. The van der Waals surface area contributed by atoms with Crippen LogP contribution in [0, 0.1) is 11.3 Å². The first-order chi connectivity index (χ1) is 5.86. The highest BCUT2D eigenvalue weighted by molar-refractivity contribution is 5.26. The summed E-state index contributed by atoms with van der Waals surface area (Å²) in [4.78, 5) is 0. The molecule has 0 amide bonds. The highest BCUT2D eigenvalue weighted by atomic mass is 19.1. The molecule has 0 aromatic heterocycles. The molecule has 2 nitrogen and oxygen atoms in total. The van der Waals surface area contributed by atoms with Gasteiger partial charge in [0.05, 0.1) is 0 Å². The maximum atomic E-state index is 12.0. The lowest BCUT2D eigenvalue weighted by Crippen LogP contribution is -1.92. The molecule has 0 spiro atoms. The number of nitriles is 1. The molecule has 0 unspecified atom stereocenters. The van der Waals surface area contributed by atoms with Gasteiger partial charge < -0.3 is 4.74 Å². The molecule has 0 saturated heterocycles. The summed E-state index contributed by atoms with van der Waals surface area (Å²) in [5.41, 5.74) is 0.610. The van der Waals surface area contributed by atoms with Crippen molar-refractivity contribution in [3.8, 4) is 11.8 Å². The third kappa shape index (κ3) is 2.24. The number of halogens is 1. The molecule has 0 aliphatic carbocycles. The fourth-order valence-corrected chi connectivity index (χ4v) is 0.790. The number of hydrogen-bond acceptors (Lipinski definition) is 2. The molecule has 0 atom stereocenters. The zero-order chi connectivity index (χ0) is 8.81. The van der Waals surface area contributed by atoms with Gasteiger partial charge in [-0.05, 0) is 17.7 Å². The van der Waals surface area contributed by atoms with E-state index in [9.17, 15) is 4.39 Å². The standard InChI is InChI=1S/C9H8FNO/c10-7-8-1-3-9(4-2-8)12-6-5-11/h1-4H,6-7H2. The van der Waals surface area contributed by atoms with Crippen LogP contribution in [-0.4, -0.2) is 6.61 Å². The average Bonchev–Trinajstić information content (AvgIpc) is 2.15. The summed E-state index contributed by atoms with van der Waals surface area (Å²) in [5.74, 6) is 0.591. The molecule has 1 rings (SSSR count). The molecule has 3 heteroatoms. The maximum absolute atomic E-state index is 12.0. The molecule has 0 fully saturated rings. The minimum absolute atomic E-state index is 0.0228. The van der Waals surface area contributed by atoms with Gasteiger partial charge in [0.1, 0.15) is 18.5 Å². The second kappa shape index (κ2) is 4.35. The average molecular weight is 165 g/mol. The van der Waals surface area contributed by atoms with Crippen LogP contribution >= 0.6 is 0 Å². The van der Waals surface area contributed by atoms with Crippen molar-refractivity contribution < 1.29 is 9.13 Å². The zero-order valence-corrected chi connectivity index (χ0v) is 6.46. The van der Waals surface area contributed by atoms with Crippen LogP contribution in [0.15, 0.2) is 24.3 Å². The summed E-state index contributed by atoms with van der Waals surface area (Å²) < 4.78 is 17.0. The molecule has 0 saturated carbocycles. The third-order valence-electron chi connectivity index (χ3n) is 1.38. The van der Waals surface area contributed by atoms with E-state index in [0.717, 1.165) is 0 Å². The normalized spacial score (nSPS) is 9.00. The number of alkyl halides is 1. The van der Waals surface area contributed by atoms with Gasteiger partial charge in [0.15, 0.2) is 6.61 Å². The molecule has 62 valence electrons. The molecule has 1 aromatic carbocycles. The SMILES string of the molecule is N#CCOc1ccc(CF)cc1. The highest BCUT2D eigenvalue weighted by Crippen LogP contribution is 2.12. The second-order valence-electron chi connectivity index (χ2n) is 2.22. The zero-order valence-electron chi connectivity index (χ0n) is 6.46. The number of hydrogen-bond donors (Lipinski definition) is 0. The summed E-state index contributed by atoms with van der Waals surface area (Å²) >= 11 is 0. The van der Waals surface area contributed by atoms with Crippen molar-refractivity contribution in [1.82, 2.24) is 0 Å². The number of benzene rings is 1. The lowest BCUT2D eigenvalue weighted by molar-refractivity contribution is 0.367. The summed E-state index contributed by atoms with van der Waals surface area (Å²) in [6, 6.07) is 8.40.